The van der Waals surface area contributed by atoms with E-state index in [9.17, 15) is 0 Å². The van der Waals surface area contributed by atoms with E-state index in [4.69, 9.17) is 0 Å². The topological polar surface area (TPSA) is 4.93 Å². The van der Waals surface area contributed by atoms with Crippen LogP contribution in [0.25, 0.3) is 10.9 Å². The number of fused-ring (bicyclic) bond motifs is 1. The van der Waals surface area contributed by atoms with E-state index in [0.29, 0.717) is 0 Å². The molecule has 0 atom stereocenters. The molecule has 1 heterocycles. The molecule has 2 rings (SSSR count). The Morgan fingerprint density at radius 1 is 1.19 bits per heavy atom. The third-order valence-electron chi connectivity index (χ3n) is 3.29. The Bertz CT molecular complexity index is 512. The van der Waals surface area contributed by atoms with Gasteiger partial charge in [-0.1, -0.05) is 26.8 Å². The van der Waals surface area contributed by atoms with Crippen molar-refractivity contribution in [3.05, 3.63) is 35.5 Å². The quantitative estimate of drug-likeness (QED) is 0.669. The summed E-state index contributed by atoms with van der Waals surface area (Å²) in [5.74, 6) is 0. The summed E-state index contributed by atoms with van der Waals surface area (Å²) in [5.41, 5.74) is 4.38. The molecule has 16 heavy (non-hydrogen) atoms. The number of hydrogen-bond acceptors (Lipinski definition) is 0. The molecule has 0 fully saturated rings. The van der Waals surface area contributed by atoms with Gasteiger partial charge in [-0.15, -0.1) is 0 Å². The number of hydrogen-bond donors (Lipinski definition) is 0. The molecule has 1 aromatic carbocycles. The minimum Gasteiger partial charge on any atom is -0.347 e. The van der Waals surface area contributed by atoms with Crippen LogP contribution in [0.5, 0.6) is 0 Å². The second-order valence-corrected chi connectivity index (χ2v) is 5.58. The summed E-state index contributed by atoms with van der Waals surface area (Å²) in [6.07, 6.45) is 2.25. The largest absolute Gasteiger partial charge is 0.347 e. The van der Waals surface area contributed by atoms with Gasteiger partial charge in [0, 0.05) is 23.6 Å². The summed E-state index contributed by atoms with van der Waals surface area (Å²) in [6.45, 7) is 12.2. The van der Waals surface area contributed by atoms with Crippen LogP contribution in [0, 0.1) is 6.92 Å². The third kappa shape index (κ3) is 1.75. The summed E-state index contributed by atoms with van der Waals surface area (Å²) >= 11 is 0. The van der Waals surface area contributed by atoms with Gasteiger partial charge in [0.15, 0.2) is 0 Å². The van der Waals surface area contributed by atoms with Gasteiger partial charge >= 0.3 is 0 Å². The Labute approximate surface area is 98.1 Å². The van der Waals surface area contributed by atoms with Gasteiger partial charge in [0.1, 0.15) is 0 Å². The Morgan fingerprint density at radius 2 is 1.88 bits per heavy atom. The Kier molecular flexibility index (Phi) is 2.57. The second kappa shape index (κ2) is 3.65. The van der Waals surface area contributed by atoms with Gasteiger partial charge in [-0.3, -0.25) is 0 Å². The molecule has 0 saturated carbocycles. The van der Waals surface area contributed by atoms with Crippen LogP contribution in [-0.4, -0.2) is 4.57 Å². The van der Waals surface area contributed by atoms with Crippen molar-refractivity contribution in [3.8, 4) is 0 Å². The van der Waals surface area contributed by atoms with Crippen LogP contribution in [0.15, 0.2) is 24.4 Å². The van der Waals surface area contributed by atoms with Crippen molar-refractivity contribution in [1.82, 2.24) is 4.57 Å². The fourth-order valence-electron chi connectivity index (χ4n) is 2.20. The minimum atomic E-state index is 0.231. The van der Waals surface area contributed by atoms with E-state index in [-0.39, 0.29) is 5.41 Å². The maximum absolute atomic E-state index is 2.34. The fourth-order valence-corrected chi connectivity index (χ4v) is 2.20. The molecule has 1 aromatic heterocycles. The molecule has 0 bridgehead atoms. The summed E-state index contributed by atoms with van der Waals surface area (Å²) in [7, 11) is 0. The first-order chi connectivity index (χ1) is 7.43. The number of rotatable bonds is 1. The van der Waals surface area contributed by atoms with Gasteiger partial charge < -0.3 is 4.57 Å². The average molecular weight is 215 g/mol. The van der Waals surface area contributed by atoms with E-state index in [0.717, 1.165) is 6.54 Å². The van der Waals surface area contributed by atoms with Crippen LogP contribution < -0.4 is 0 Å². The minimum absolute atomic E-state index is 0.231. The molecular formula is C15H21N. The van der Waals surface area contributed by atoms with Gasteiger partial charge in [-0.2, -0.15) is 0 Å². The van der Waals surface area contributed by atoms with Crippen molar-refractivity contribution in [2.45, 2.75) is 46.6 Å². The molecule has 0 spiro atoms. The van der Waals surface area contributed by atoms with Crippen molar-refractivity contribution in [3.63, 3.8) is 0 Å². The normalized spacial score (nSPS) is 12.3. The van der Waals surface area contributed by atoms with Gasteiger partial charge in [-0.05, 0) is 42.5 Å². The summed E-state index contributed by atoms with van der Waals surface area (Å²) in [4.78, 5) is 0. The maximum atomic E-state index is 2.34. The lowest BCUT2D eigenvalue weighted by Gasteiger charge is -2.19. The van der Waals surface area contributed by atoms with Crippen LogP contribution in [-0.2, 0) is 12.0 Å². The molecule has 1 heteroatoms. The van der Waals surface area contributed by atoms with Gasteiger partial charge in [0.05, 0.1) is 0 Å². The number of nitrogens with zero attached hydrogens (tertiary/aromatic N) is 1. The molecule has 86 valence electrons. The number of aryl methyl sites for hydroxylation is 2. The molecule has 0 saturated heterocycles. The Balaban J connectivity index is 2.67. The van der Waals surface area contributed by atoms with Crippen molar-refractivity contribution in [1.29, 1.82) is 0 Å². The molecule has 2 aromatic rings. The van der Waals surface area contributed by atoms with Gasteiger partial charge in [0.2, 0.25) is 0 Å². The van der Waals surface area contributed by atoms with Crippen molar-refractivity contribution < 1.29 is 0 Å². The van der Waals surface area contributed by atoms with E-state index in [1.807, 2.05) is 0 Å². The SMILES string of the molecule is CCn1cc(C)c2cc(C(C)(C)C)ccc21. The standard InChI is InChI=1S/C15H21N/c1-6-16-10-11(2)13-9-12(15(3,4)5)7-8-14(13)16/h7-10H,6H2,1-5H3. The molecule has 0 radical (unpaired) electrons. The Morgan fingerprint density at radius 3 is 2.44 bits per heavy atom. The zero-order valence-electron chi connectivity index (χ0n) is 11.0. The van der Waals surface area contributed by atoms with E-state index >= 15 is 0 Å². The highest BCUT2D eigenvalue weighted by Crippen LogP contribution is 2.28. The van der Waals surface area contributed by atoms with Crippen LogP contribution in [0.1, 0.15) is 38.8 Å². The highest BCUT2D eigenvalue weighted by Gasteiger charge is 2.15. The predicted octanol–water partition coefficient (Wildman–Crippen LogP) is 4.27. The van der Waals surface area contributed by atoms with Crippen LogP contribution in [0.2, 0.25) is 0 Å². The molecular weight excluding hydrogens is 194 g/mol. The maximum Gasteiger partial charge on any atom is 0.0483 e. The first kappa shape index (κ1) is 11.3. The summed E-state index contributed by atoms with van der Waals surface area (Å²) in [6, 6.07) is 6.86. The van der Waals surface area contributed by atoms with Crippen LogP contribution >= 0.6 is 0 Å². The van der Waals surface area contributed by atoms with E-state index in [2.05, 4.69) is 63.6 Å². The fraction of sp³-hybridized carbons (Fsp3) is 0.467. The first-order valence-electron chi connectivity index (χ1n) is 6.03. The third-order valence-corrected chi connectivity index (χ3v) is 3.29. The molecule has 0 N–H and O–H groups in total. The average Bonchev–Trinajstić information content (AvgIpc) is 2.54. The molecule has 0 aliphatic rings. The lowest BCUT2D eigenvalue weighted by atomic mass is 9.86. The zero-order chi connectivity index (χ0) is 11.9. The molecule has 0 amide bonds. The molecule has 0 aliphatic heterocycles. The van der Waals surface area contributed by atoms with Gasteiger partial charge in [-0.25, -0.2) is 0 Å². The van der Waals surface area contributed by atoms with E-state index in [1.165, 1.54) is 22.0 Å². The first-order valence-corrected chi connectivity index (χ1v) is 6.03. The Hall–Kier alpha value is -1.24. The monoisotopic (exact) mass is 215 g/mol. The number of benzene rings is 1. The summed E-state index contributed by atoms with van der Waals surface area (Å²) in [5, 5.41) is 1.40. The lowest BCUT2D eigenvalue weighted by molar-refractivity contribution is 0.591. The van der Waals surface area contributed by atoms with E-state index < -0.39 is 0 Å². The van der Waals surface area contributed by atoms with Crippen molar-refractivity contribution >= 4 is 10.9 Å². The highest BCUT2D eigenvalue weighted by molar-refractivity contribution is 5.84. The van der Waals surface area contributed by atoms with Crippen LogP contribution in [0.4, 0.5) is 0 Å². The second-order valence-electron chi connectivity index (χ2n) is 5.58. The smallest absolute Gasteiger partial charge is 0.0483 e. The summed E-state index contributed by atoms with van der Waals surface area (Å²) < 4.78 is 2.32. The molecule has 1 nitrogen and oxygen atoms in total. The van der Waals surface area contributed by atoms with E-state index in [1.54, 1.807) is 0 Å². The van der Waals surface area contributed by atoms with Crippen molar-refractivity contribution in [2.75, 3.05) is 0 Å². The molecule has 0 unspecified atom stereocenters. The van der Waals surface area contributed by atoms with Gasteiger partial charge in [0.25, 0.3) is 0 Å². The highest BCUT2D eigenvalue weighted by atomic mass is 14.9. The number of aromatic nitrogens is 1. The van der Waals surface area contributed by atoms with Crippen molar-refractivity contribution in [2.24, 2.45) is 0 Å². The zero-order valence-corrected chi connectivity index (χ0v) is 11.0. The molecule has 0 aliphatic carbocycles. The van der Waals surface area contributed by atoms with Crippen LogP contribution in [0.3, 0.4) is 0 Å². The predicted molar refractivity (Wildman–Crippen MR) is 71.0 cm³/mol. The lowest BCUT2D eigenvalue weighted by Crippen LogP contribution is -2.10.